The van der Waals surface area contributed by atoms with Crippen LogP contribution in [0.15, 0.2) is 30.5 Å². The summed E-state index contributed by atoms with van der Waals surface area (Å²) in [6.07, 6.45) is 7.68. The Balaban J connectivity index is 2.08. The predicted octanol–water partition coefficient (Wildman–Crippen LogP) is 2.43. The summed E-state index contributed by atoms with van der Waals surface area (Å²) >= 11 is 0. The fourth-order valence-electron chi connectivity index (χ4n) is 2.05. The smallest absolute Gasteiger partial charge is 0.121 e. The summed E-state index contributed by atoms with van der Waals surface area (Å²) in [7, 11) is 0. The van der Waals surface area contributed by atoms with Gasteiger partial charge in [-0.3, -0.25) is 0 Å². The van der Waals surface area contributed by atoms with Gasteiger partial charge in [0.15, 0.2) is 0 Å². The summed E-state index contributed by atoms with van der Waals surface area (Å²) in [5.74, 6) is 0.428. The van der Waals surface area contributed by atoms with Gasteiger partial charge in [-0.15, -0.1) is 0 Å². The molecule has 2 heteroatoms. The molecular formula is C12H13NO. The first-order valence-corrected chi connectivity index (χ1v) is 5.12. The minimum atomic E-state index is 0.428. The van der Waals surface area contributed by atoms with Crippen molar-refractivity contribution in [2.24, 2.45) is 0 Å². The third-order valence-corrected chi connectivity index (χ3v) is 2.93. The standard InChI is InChI=1S/C12H13NO/c14-12-5-1-4-11-10(12)3-2-8-13(11)9-6-7-9/h1-2,4-5,8-9,14H,3,6-7H2. The van der Waals surface area contributed by atoms with E-state index >= 15 is 0 Å². The van der Waals surface area contributed by atoms with Crippen molar-refractivity contribution in [3.05, 3.63) is 36.0 Å². The summed E-state index contributed by atoms with van der Waals surface area (Å²) in [5, 5.41) is 9.72. The van der Waals surface area contributed by atoms with Crippen molar-refractivity contribution in [2.75, 3.05) is 4.90 Å². The second-order valence-electron chi connectivity index (χ2n) is 4.00. The second kappa shape index (κ2) is 2.77. The van der Waals surface area contributed by atoms with Crippen molar-refractivity contribution in [1.29, 1.82) is 0 Å². The van der Waals surface area contributed by atoms with Crippen LogP contribution in [0.2, 0.25) is 0 Å². The number of aromatic hydroxyl groups is 1. The zero-order valence-corrected chi connectivity index (χ0v) is 7.98. The molecule has 1 heterocycles. The van der Waals surface area contributed by atoms with Gasteiger partial charge in [-0.2, -0.15) is 0 Å². The maximum atomic E-state index is 9.72. The van der Waals surface area contributed by atoms with Crippen molar-refractivity contribution >= 4 is 5.69 Å². The van der Waals surface area contributed by atoms with Crippen LogP contribution in [-0.4, -0.2) is 11.1 Å². The second-order valence-corrected chi connectivity index (χ2v) is 4.00. The number of anilines is 1. The number of phenols is 1. The molecule has 1 N–H and O–H groups in total. The van der Waals surface area contributed by atoms with E-state index in [2.05, 4.69) is 23.2 Å². The van der Waals surface area contributed by atoms with E-state index in [0.717, 1.165) is 12.0 Å². The van der Waals surface area contributed by atoms with E-state index in [1.165, 1.54) is 18.5 Å². The van der Waals surface area contributed by atoms with Gasteiger partial charge in [0, 0.05) is 23.5 Å². The molecule has 0 bridgehead atoms. The Bertz CT molecular complexity index is 393. The number of allylic oxidation sites excluding steroid dienone is 1. The molecule has 1 aromatic carbocycles. The van der Waals surface area contributed by atoms with Crippen LogP contribution < -0.4 is 4.90 Å². The van der Waals surface area contributed by atoms with Crippen LogP contribution in [0.4, 0.5) is 5.69 Å². The van der Waals surface area contributed by atoms with Gasteiger partial charge in [-0.25, -0.2) is 0 Å². The molecule has 14 heavy (non-hydrogen) atoms. The van der Waals surface area contributed by atoms with E-state index < -0.39 is 0 Å². The number of hydrogen-bond acceptors (Lipinski definition) is 2. The number of fused-ring (bicyclic) bond motifs is 1. The quantitative estimate of drug-likeness (QED) is 0.730. The summed E-state index contributed by atoms with van der Waals surface area (Å²) in [4.78, 5) is 2.29. The van der Waals surface area contributed by atoms with Gasteiger partial charge in [-0.05, 0) is 31.4 Å². The molecule has 72 valence electrons. The van der Waals surface area contributed by atoms with Crippen molar-refractivity contribution in [2.45, 2.75) is 25.3 Å². The zero-order valence-electron chi connectivity index (χ0n) is 7.98. The Labute approximate surface area is 83.5 Å². The van der Waals surface area contributed by atoms with E-state index in [4.69, 9.17) is 0 Å². The van der Waals surface area contributed by atoms with E-state index in [-0.39, 0.29) is 0 Å². The maximum Gasteiger partial charge on any atom is 0.121 e. The van der Waals surface area contributed by atoms with E-state index in [9.17, 15) is 5.11 Å². The molecule has 3 rings (SSSR count). The van der Waals surface area contributed by atoms with Crippen LogP contribution in [0.1, 0.15) is 18.4 Å². The fourth-order valence-corrected chi connectivity index (χ4v) is 2.05. The van der Waals surface area contributed by atoms with Gasteiger partial charge >= 0.3 is 0 Å². The molecule has 1 aliphatic carbocycles. The van der Waals surface area contributed by atoms with Gasteiger partial charge in [-0.1, -0.05) is 12.1 Å². The average molecular weight is 187 g/mol. The highest BCUT2D eigenvalue weighted by atomic mass is 16.3. The van der Waals surface area contributed by atoms with E-state index in [1.807, 2.05) is 6.07 Å². The van der Waals surface area contributed by atoms with Crippen molar-refractivity contribution < 1.29 is 5.11 Å². The molecule has 0 saturated heterocycles. The van der Waals surface area contributed by atoms with Gasteiger partial charge in [0.25, 0.3) is 0 Å². The number of nitrogens with zero attached hydrogens (tertiary/aromatic N) is 1. The lowest BCUT2D eigenvalue weighted by atomic mass is 10.0. The van der Waals surface area contributed by atoms with Crippen molar-refractivity contribution in [3.8, 4) is 5.75 Å². The predicted molar refractivity (Wildman–Crippen MR) is 56.5 cm³/mol. The molecule has 0 radical (unpaired) electrons. The minimum Gasteiger partial charge on any atom is -0.508 e. The molecule has 1 aromatic rings. The summed E-state index contributed by atoms with van der Waals surface area (Å²) in [5.41, 5.74) is 2.26. The SMILES string of the molecule is Oc1cccc2c1CC=CN2C1CC1. The molecule has 0 atom stereocenters. The Hall–Kier alpha value is -1.44. The number of benzene rings is 1. The lowest BCUT2D eigenvalue weighted by molar-refractivity contribution is 0.469. The molecule has 1 fully saturated rings. The van der Waals surface area contributed by atoms with Crippen LogP contribution in [0, 0.1) is 0 Å². The number of phenolic OH excluding ortho intramolecular Hbond substituents is 1. The first-order chi connectivity index (χ1) is 6.86. The lowest BCUT2D eigenvalue weighted by Gasteiger charge is -2.26. The lowest BCUT2D eigenvalue weighted by Crippen LogP contribution is -2.22. The first-order valence-electron chi connectivity index (χ1n) is 5.12. The monoisotopic (exact) mass is 187 g/mol. The van der Waals surface area contributed by atoms with Crippen LogP contribution >= 0.6 is 0 Å². The van der Waals surface area contributed by atoms with Crippen LogP contribution in [0.3, 0.4) is 0 Å². The molecule has 0 spiro atoms. The molecular weight excluding hydrogens is 174 g/mol. The largest absolute Gasteiger partial charge is 0.508 e. The Morgan fingerprint density at radius 3 is 2.93 bits per heavy atom. The molecule has 0 unspecified atom stereocenters. The average Bonchev–Trinajstić information content (AvgIpc) is 3.01. The summed E-state index contributed by atoms with van der Waals surface area (Å²) < 4.78 is 0. The van der Waals surface area contributed by atoms with E-state index in [1.54, 1.807) is 6.07 Å². The molecule has 0 aromatic heterocycles. The van der Waals surface area contributed by atoms with Crippen LogP contribution in [0.25, 0.3) is 0 Å². The molecule has 2 aliphatic rings. The normalized spacial score (nSPS) is 19.6. The van der Waals surface area contributed by atoms with Gasteiger partial charge in [0.2, 0.25) is 0 Å². The maximum absolute atomic E-state index is 9.72. The summed E-state index contributed by atoms with van der Waals surface area (Å²) in [6, 6.07) is 6.45. The van der Waals surface area contributed by atoms with Crippen molar-refractivity contribution in [3.63, 3.8) is 0 Å². The third-order valence-electron chi connectivity index (χ3n) is 2.93. The highest BCUT2D eigenvalue weighted by Gasteiger charge is 2.30. The zero-order chi connectivity index (χ0) is 9.54. The van der Waals surface area contributed by atoms with Crippen molar-refractivity contribution in [1.82, 2.24) is 0 Å². The summed E-state index contributed by atoms with van der Waals surface area (Å²) in [6.45, 7) is 0. The number of hydrogen-bond donors (Lipinski definition) is 1. The topological polar surface area (TPSA) is 23.5 Å². The van der Waals surface area contributed by atoms with Gasteiger partial charge < -0.3 is 10.0 Å². The number of rotatable bonds is 1. The minimum absolute atomic E-state index is 0.428. The molecule has 2 nitrogen and oxygen atoms in total. The molecule has 0 amide bonds. The van der Waals surface area contributed by atoms with Crippen LogP contribution in [0.5, 0.6) is 5.75 Å². The third kappa shape index (κ3) is 1.10. The van der Waals surface area contributed by atoms with Gasteiger partial charge in [0.05, 0.1) is 0 Å². The van der Waals surface area contributed by atoms with Crippen LogP contribution in [-0.2, 0) is 6.42 Å². The Morgan fingerprint density at radius 1 is 1.29 bits per heavy atom. The fraction of sp³-hybridized carbons (Fsp3) is 0.333. The first kappa shape index (κ1) is 7.92. The Kier molecular flexibility index (Phi) is 1.57. The Morgan fingerprint density at radius 2 is 2.14 bits per heavy atom. The van der Waals surface area contributed by atoms with E-state index in [0.29, 0.717) is 11.8 Å². The highest BCUT2D eigenvalue weighted by molar-refractivity contribution is 5.64. The molecule has 1 aliphatic heterocycles. The molecule has 1 saturated carbocycles. The highest BCUT2D eigenvalue weighted by Crippen LogP contribution is 2.39. The van der Waals surface area contributed by atoms with Gasteiger partial charge in [0.1, 0.15) is 5.75 Å².